The SMILES string of the molecule is COC(=O)c1ccc(C(=O)Nc2nnc(-c3ccccc3SC)o2)cc1. The summed E-state index contributed by atoms with van der Waals surface area (Å²) in [6, 6.07) is 13.7. The van der Waals surface area contributed by atoms with E-state index in [-0.39, 0.29) is 6.01 Å². The van der Waals surface area contributed by atoms with E-state index in [9.17, 15) is 9.59 Å². The van der Waals surface area contributed by atoms with Crippen LogP contribution in [0.4, 0.5) is 6.01 Å². The van der Waals surface area contributed by atoms with Crippen LogP contribution >= 0.6 is 11.8 Å². The maximum atomic E-state index is 12.3. The Morgan fingerprint density at radius 1 is 1.04 bits per heavy atom. The Morgan fingerprint density at radius 2 is 1.73 bits per heavy atom. The van der Waals surface area contributed by atoms with Crippen molar-refractivity contribution in [3.8, 4) is 11.5 Å². The lowest BCUT2D eigenvalue weighted by Gasteiger charge is -2.03. The van der Waals surface area contributed by atoms with E-state index >= 15 is 0 Å². The number of nitrogens with one attached hydrogen (secondary N) is 1. The van der Waals surface area contributed by atoms with Gasteiger partial charge in [-0.05, 0) is 42.7 Å². The van der Waals surface area contributed by atoms with Crippen LogP contribution in [0.1, 0.15) is 20.7 Å². The van der Waals surface area contributed by atoms with Gasteiger partial charge in [-0.25, -0.2) is 4.79 Å². The molecule has 26 heavy (non-hydrogen) atoms. The van der Waals surface area contributed by atoms with Gasteiger partial charge in [0, 0.05) is 10.5 Å². The number of nitrogens with zero attached hydrogens (tertiary/aromatic N) is 2. The second-order valence-corrected chi connectivity index (χ2v) is 5.98. The fourth-order valence-corrected chi connectivity index (χ4v) is 2.84. The summed E-state index contributed by atoms with van der Waals surface area (Å²) in [6.07, 6.45) is 1.95. The molecule has 0 fully saturated rings. The van der Waals surface area contributed by atoms with Crippen LogP contribution in [0.25, 0.3) is 11.5 Å². The number of rotatable bonds is 5. The van der Waals surface area contributed by atoms with Gasteiger partial charge in [-0.3, -0.25) is 10.1 Å². The largest absolute Gasteiger partial charge is 0.465 e. The van der Waals surface area contributed by atoms with E-state index in [0.29, 0.717) is 17.0 Å². The number of benzene rings is 2. The topological polar surface area (TPSA) is 94.3 Å². The summed E-state index contributed by atoms with van der Waals surface area (Å²) in [4.78, 5) is 24.7. The lowest BCUT2D eigenvalue weighted by atomic mass is 10.1. The van der Waals surface area contributed by atoms with Crippen LogP contribution in [-0.2, 0) is 4.74 Å². The number of thioether (sulfide) groups is 1. The summed E-state index contributed by atoms with van der Waals surface area (Å²) in [6.45, 7) is 0. The molecule has 7 nitrogen and oxygen atoms in total. The number of carbonyl (C=O) groups excluding carboxylic acids is 2. The van der Waals surface area contributed by atoms with E-state index in [1.54, 1.807) is 11.8 Å². The van der Waals surface area contributed by atoms with Crippen molar-refractivity contribution < 1.29 is 18.7 Å². The van der Waals surface area contributed by atoms with Gasteiger partial charge in [0.2, 0.25) is 0 Å². The van der Waals surface area contributed by atoms with Crippen LogP contribution in [0.15, 0.2) is 57.8 Å². The van der Waals surface area contributed by atoms with E-state index in [2.05, 4.69) is 20.3 Å². The molecule has 0 saturated carbocycles. The highest BCUT2D eigenvalue weighted by atomic mass is 32.2. The molecule has 0 aliphatic carbocycles. The Balaban J connectivity index is 1.74. The molecule has 1 amide bonds. The second-order valence-electron chi connectivity index (χ2n) is 5.14. The van der Waals surface area contributed by atoms with E-state index in [1.807, 2.05) is 30.5 Å². The molecule has 0 spiro atoms. The van der Waals surface area contributed by atoms with Gasteiger partial charge in [0.1, 0.15) is 0 Å². The number of anilines is 1. The molecule has 0 unspecified atom stereocenters. The number of esters is 1. The molecular weight excluding hydrogens is 354 g/mol. The van der Waals surface area contributed by atoms with Gasteiger partial charge < -0.3 is 9.15 Å². The maximum Gasteiger partial charge on any atom is 0.337 e. The zero-order valence-corrected chi connectivity index (χ0v) is 14.9. The number of ether oxygens (including phenoxy) is 1. The molecule has 0 atom stereocenters. The van der Waals surface area contributed by atoms with Gasteiger partial charge in [-0.15, -0.1) is 16.9 Å². The van der Waals surface area contributed by atoms with Gasteiger partial charge in [0.25, 0.3) is 11.8 Å². The van der Waals surface area contributed by atoms with Crippen LogP contribution < -0.4 is 5.32 Å². The van der Waals surface area contributed by atoms with Crippen molar-refractivity contribution >= 4 is 29.7 Å². The number of hydrogen-bond donors (Lipinski definition) is 1. The molecule has 1 heterocycles. The third kappa shape index (κ3) is 3.75. The first-order chi connectivity index (χ1) is 12.6. The minimum absolute atomic E-state index is 0.00190. The third-order valence-electron chi connectivity index (χ3n) is 3.55. The van der Waals surface area contributed by atoms with Crippen molar-refractivity contribution in [3.63, 3.8) is 0 Å². The van der Waals surface area contributed by atoms with Crippen molar-refractivity contribution in [2.24, 2.45) is 0 Å². The molecule has 0 aliphatic heterocycles. The summed E-state index contributed by atoms with van der Waals surface area (Å²) in [5.74, 6) is -0.563. The van der Waals surface area contributed by atoms with Crippen LogP contribution in [0.3, 0.4) is 0 Å². The van der Waals surface area contributed by atoms with Crippen molar-refractivity contribution in [3.05, 3.63) is 59.7 Å². The predicted octanol–water partition coefficient (Wildman–Crippen LogP) is 3.50. The quantitative estimate of drug-likeness (QED) is 0.543. The number of hydrogen-bond acceptors (Lipinski definition) is 7. The molecular formula is C18H15N3O4S. The van der Waals surface area contributed by atoms with E-state index < -0.39 is 11.9 Å². The first-order valence-electron chi connectivity index (χ1n) is 7.59. The summed E-state index contributed by atoms with van der Waals surface area (Å²) in [5.41, 5.74) is 1.51. The van der Waals surface area contributed by atoms with Crippen molar-refractivity contribution in [2.45, 2.75) is 4.90 Å². The zero-order chi connectivity index (χ0) is 18.5. The van der Waals surface area contributed by atoms with Gasteiger partial charge >= 0.3 is 12.0 Å². The summed E-state index contributed by atoms with van der Waals surface area (Å²) >= 11 is 1.56. The van der Waals surface area contributed by atoms with Gasteiger partial charge in [-0.1, -0.05) is 17.2 Å². The lowest BCUT2D eigenvalue weighted by molar-refractivity contribution is 0.0600. The van der Waals surface area contributed by atoms with E-state index in [4.69, 9.17) is 4.42 Å². The lowest BCUT2D eigenvalue weighted by Crippen LogP contribution is -2.12. The molecule has 1 N–H and O–H groups in total. The van der Waals surface area contributed by atoms with Gasteiger partial charge in [-0.2, -0.15) is 0 Å². The number of amides is 1. The summed E-state index contributed by atoms with van der Waals surface area (Å²) < 4.78 is 10.2. The minimum atomic E-state index is -0.467. The molecule has 0 radical (unpaired) electrons. The standard InChI is InChI=1S/C18H15N3O4S/c1-24-17(23)12-9-7-11(8-10-12)15(22)19-18-21-20-16(25-18)13-5-3-4-6-14(13)26-2/h3-10H,1-2H3,(H,19,21,22). The van der Waals surface area contributed by atoms with Gasteiger partial charge in [0.05, 0.1) is 18.2 Å². The first kappa shape index (κ1) is 17.7. The molecule has 132 valence electrons. The normalized spacial score (nSPS) is 10.4. The minimum Gasteiger partial charge on any atom is -0.465 e. The Hall–Kier alpha value is -3.13. The van der Waals surface area contributed by atoms with E-state index in [1.165, 1.54) is 31.4 Å². The maximum absolute atomic E-state index is 12.3. The number of methoxy groups -OCH3 is 1. The highest BCUT2D eigenvalue weighted by Crippen LogP contribution is 2.29. The molecule has 0 aliphatic rings. The molecule has 1 aromatic heterocycles. The van der Waals surface area contributed by atoms with E-state index in [0.717, 1.165) is 10.5 Å². The first-order valence-corrected chi connectivity index (χ1v) is 8.81. The average molecular weight is 369 g/mol. The predicted molar refractivity (Wildman–Crippen MR) is 97.2 cm³/mol. The fraction of sp³-hybridized carbons (Fsp3) is 0.111. The Bertz CT molecular complexity index is 938. The summed E-state index contributed by atoms with van der Waals surface area (Å²) in [5, 5.41) is 10.4. The zero-order valence-electron chi connectivity index (χ0n) is 14.1. The van der Waals surface area contributed by atoms with Crippen LogP contribution in [0.5, 0.6) is 0 Å². The van der Waals surface area contributed by atoms with Crippen LogP contribution in [0.2, 0.25) is 0 Å². The Kier molecular flexibility index (Phi) is 5.33. The molecule has 8 heteroatoms. The smallest absolute Gasteiger partial charge is 0.337 e. The third-order valence-corrected chi connectivity index (χ3v) is 4.35. The molecule has 2 aromatic carbocycles. The monoisotopic (exact) mass is 369 g/mol. The molecule has 0 bridgehead atoms. The Morgan fingerprint density at radius 3 is 2.42 bits per heavy atom. The Labute approximate surface area is 153 Å². The van der Waals surface area contributed by atoms with Crippen molar-refractivity contribution in [1.29, 1.82) is 0 Å². The fourth-order valence-electron chi connectivity index (χ4n) is 2.25. The second kappa shape index (κ2) is 7.83. The summed E-state index contributed by atoms with van der Waals surface area (Å²) in [7, 11) is 1.30. The highest BCUT2D eigenvalue weighted by molar-refractivity contribution is 7.98. The number of aromatic nitrogens is 2. The van der Waals surface area contributed by atoms with Gasteiger partial charge in [0.15, 0.2) is 0 Å². The molecule has 3 aromatic rings. The van der Waals surface area contributed by atoms with Crippen molar-refractivity contribution in [1.82, 2.24) is 10.2 Å². The van der Waals surface area contributed by atoms with Crippen LogP contribution in [-0.4, -0.2) is 35.4 Å². The van der Waals surface area contributed by atoms with Crippen molar-refractivity contribution in [2.75, 3.05) is 18.7 Å². The number of carbonyl (C=O) groups is 2. The average Bonchev–Trinajstić information content (AvgIpc) is 3.15. The molecule has 0 saturated heterocycles. The van der Waals surface area contributed by atoms with Crippen LogP contribution in [0, 0.1) is 0 Å². The highest BCUT2D eigenvalue weighted by Gasteiger charge is 2.15. The molecule has 3 rings (SSSR count).